The number of hydrogen-bond acceptors (Lipinski definition) is 6. The van der Waals surface area contributed by atoms with Crippen LogP contribution in [0.3, 0.4) is 0 Å². The van der Waals surface area contributed by atoms with Crippen LogP contribution in [0.4, 0.5) is 10.9 Å². The first-order valence-electron chi connectivity index (χ1n) is 7.59. The highest BCUT2D eigenvalue weighted by molar-refractivity contribution is 7.18. The van der Waals surface area contributed by atoms with Gasteiger partial charge in [0.1, 0.15) is 10.7 Å². The van der Waals surface area contributed by atoms with E-state index in [9.17, 15) is 4.79 Å². The molecule has 1 aliphatic carbocycles. The lowest BCUT2D eigenvalue weighted by atomic mass is 10.1. The van der Waals surface area contributed by atoms with Crippen LogP contribution in [-0.4, -0.2) is 36.6 Å². The predicted molar refractivity (Wildman–Crippen MR) is 85.6 cm³/mol. The number of thiazole rings is 1. The number of nitrogens with two attached hydrogens (primary N) is 2. The Hall–Kier alpha value is -1.34. The molecule has 1 aliphatic heterocycles. The van der Waals surface area contributed by atoms with E-state index >= 15 is 0 Å². The Morgan fingerprint density at radius 2 is 2.33 bits per heavy atom. The molecule has 5 N–H and O–H groups in total. The van der Waals surface area contributed by atoms with Crippen LogP contribution in [0.25, 0.3) is 0 Å². The van der Waals surface area contributed by atoms with E-state index in [0.717, 1.165) is 43.5 Å². The summed E-state index contributed by atoms with van der Waals surface area (Å²) in [6.45, 7) is 4.66. The highest BCUT2D eigenvalue weighted by Crippen LogP contribution is 2.37. The van der Waals surface area contributed by atoms with Gasteiger partial charge < -0.3 is 21.7 Å². The van der Waals surface area contributed by atoms with E-state index in [1.54, 1.807) is 0 Å². The molecular weight excluding hydrogens is 286 g/mol. The molecule has 2 fully saturated rings. The molecule has 116 valence electrons. The van der Waals surface area contributed by atoms with Crippen LogP contribution in [0.5, 0.6) is 0 Å². The van der Waals surface area contributed by atoms with E-state index in [1.165, 1.54) is 17.8 Å². The van der Waals surface area contributed by atoms with Gasteiger partial charge >= 0.3 is 0 Å². The van der Waals surface area contributed by atoms with Gasteiger partial charge in [-0.25, -0.2) is 4.98 Å². The first-order chi connectivity index (χ1) is 10.0. The lowest BCUT2D eigenvalue weighted by molar-refractivity contribution is 0.0956. The predicted octanol–water partition coefficient (Wildman–Crippen LogP) is 1.04. The van der Waals surface area contributed by atoms with E-state index in [4.69, 9.17) is 11.5 Å². The Morgan fingerprint density at radius 1 is 1.57 bits per heavy atom. The average molecular weight is 309 g/mol. The third-order valence-electron chi connectivity index (χ3n) is 4.38. The van der Waals surface area contributed by atoms with Crippen LogP contribution in [0.15, 0.2) is 0 Å². The maximum absolute atomic E-state index is 12.2. The lowest BCUT2D eigenvalue weighted by Gasteiger charge is -2.30. The topological polar surface area (TPSA) is 97.3 Å². The average Bonchev–Trinajstić information content (AvgIpc) is 3.01. The fraction of sp³-hybridized carbons (Fsp3) is 0.714. The third-order valence-corrected chi connectivity index (χ3v) is 5.51. The van der Waals surface area contributed by atoms with Crippen LogP contribution in [0, 0.1) is 11.8 Å². The first kappa shape index (κ1) is 14.6. The number of rotatable bonds is 4. The molecule has 1 amide bonds. The van der Waals surface area contributed by atoms with Gasteiger partial charge in [-0.1, -0.05) is 18.3 Å². The van der Waals surface area contributed by atoms with Crippen molar-refractivity contribution >= 4 is 28.2 Å². The summed E-state index contributed by atoms with van der Waals surface area (Å²) in [6, 6.07) is 0.178. The van der Waals surface area contributed by atoms with E-state index in [0.29, 0.717) is 16.6 Å². The maximum Gasteiger partial charge on any atom is 0.265 e. The highest BCUT2D eigenvalue weighted by atomic mass is 32.1. The summed E-state index contributed by atoms with van der Waals surface area (Å²) >= 11 is 1.37. The summed E-state index contributed by atoms with van der Waals surface area (Å²) in [6.07, 6.45) is 3.31. The summed E-state index contributed by atoms with van der Waals surface area (Å²) in [5.74, 6) is 1.59. The van der Waals surface area contributed by atoms with Crippen LogP contribution in [0.2, 0.25) is 0 Å². The molecule has 1 saturated carbocycles. The number of nitrogens with zero attached hydrogens (tertiary/aromatic N) is 2. The molecule has 0 aromatic carbocycles. The van der Waals surface area contributed by atoms with Crippen molar-refractivity contribution in [3.05, 3.63) is 4.88 Å². The molecule has 21 heavy (non-hydrogen) atoms. The molecule has 6 nitrogen and oxygen atoms in total. The van der Waals surface area contributed by atoms with E-state index in [1.807, 2.05) is 0 Å². The summed E-state index contributed by atoms with van der Waals surface area (Å²) in [7, 11) is 0. The molecule has 0 spiro atoms. The van der Waals surface area contributed by atoms with Crippen molar-refractivity contribution in [1.29, 1.82) is 0 Å². The molecule has 0 bridgehead atoms. The number of hydrogen-bond donors (Lipinski definition) is 3. The number of carbonyl (C=O) groups excluding carboxylic acids is 1. The van der Waals surface area contributed by atoms with Crippen molar-refractivity contribution in [3.8, 4) is 0 Å². The summed E-state index contributed by atoms with van der Waals surface area (Å²) < 4.78 is 0. The summed E-state index contributed by atoms with van der Waals surface area (Å²) in [5, 5.41) is 3.78. The van der Waals surface area contributed by atoms with E-state index in [2.05, 4.69) is 22.1 Å². The summed E-state index contributed by atoms with van der Waals surface area (Å²) in [5.41, 5.74) is 11.9. The molecule has 2 aliphatic rings. The van der Waals surface area contributed by atoms with Crippen LogP contribution >= 0.6 is 11.3 Å². The van der Waals surface area contributed by atoms with Gasteiger partial charge in [-0.05, 0) is 31.1 Å². The molecule has 1 aromatic heterocycles. The van der Waals surface area contributed by atoms with E-state index < -0.39 is 0 Å². The smallest absolute Gasteiger partial charge is 0.265 e. The molecule has 0 radical (unpaired) electrons. The highest BCUT2D eigenvalue weighted by Gasteiger charge is 2.33. The molecule has 7 heteroatoms. The standard InChI is InChI=1S/C14H23N5OS/c1-8-5-9(8)6-17-13(20)11-12(16)18-14(21-11)19-4-2-3-10(15)7-19/h8-10H,2-7,15-16H2,1H3,(H,17,20). The minimum absolute atomic E-state index is 0.100. The molecule has 3 unspecified atom stereocenters. The lowest BCUT2D eigenvalue weighted by Crippen LogP contribution is -2.42. The molecule has 3 rings (SSSR count). The zero-order valence-electron chi connectivity index (χ0n) is 12.3. The Balaban J connectivity index is 1.64. The monoisotopic (exact) mass is 309 g/mol. The number of aromatic nitrogens is 1. The third kappa shape index (κ3) is 3.29. The van der Waals surface area contributed by atoms with Gasteiger partial charge in [0.15, 0.2) is 5.13 Å². The Labute approximate surface area is 128 Å². The van der Waals surface area contributed by atoms with Crippen LogP contribution in [-0.2, 0) is 0 Å². The number of piperidine rings is 1. The fourth-order valence-electron chi connectivity index (χ4n) is 2.79. The van der Waals surface area contributed by atoms with E-state index in [-0.39, 0.29) is 11.9 Å². The number of anilines is 2. The Morgan fingerprint density at radius 3 is 3.00 bits per heavy atom. The first-order valence-corrected chi connectivity index (χ1v) is 8.41. The number of nitrogens with one attached hydrogen (secondary N) is 1. The van der Waals surface area contributed by atoms with Crippen LogP contribution < -0.4 is 21.7 Å². The minimum atomic E-state index is -0.100. The maximum atomic E-state index is 12.2. The van der Waals surface area contributed by atoms with Gasteiger partial charge in [0, 0.05) is 25.7 Å². The van der Waals surface area contributed by atoms with Crippen molar-refractivity contribution in [2.45, 2.75) is 32.2 Å². The number of nitrogen functional groups attached to an aromatic ring is 1. The minimum Gasteiger partial charge on any atom is -0.382 e. The van der Waals surface area contributed by atoms with Gasteiger partial charge in [-0.15, -0.1) is 0 Å². The van der Waals surface area contributed by atoms with Crippen molar-refractivity contribution < 1.29 is 4.79 Å². The van der Waals surface area contributed by atoms with Crippen molar-refractivity contribution in [2.24, 2.45) is 17.6 Å². The summed E-state index contributed by atoms with van der Waals surface area (Å²) in [4.78, 5) is 19.2. The van der Waals surface area contributed by atoms with Gasteiger partial charge in [-0.2, -0.15) is 0 Å². The van der Waals surface area contributed by atoms with Crippen molar-refractivity contribution in [3.63, 3.8) is 0 Å². The quantitative estimate of drug-likeness (QED) is 0.772. The molecule has 1 saturated heterocycles. The fourth-order valence-corrected chi connectivity index (χ4v) is 3.73. The SMILES string of the molecule is CC1CC1CNC(=O)c1sc(N2CCCC(N)C2)nc1N. The normalized spacial score (nSPS) is 28.5. The second kappa shape index (κ2) is 5.81. The second-order valence-electron chi connectivity index (χ2n) is 6.24. The van der Waals surface area contributed by atoms with Crippen molar-refractivity contribution in [1.82, 2.24) is 10.3 Å². The largest absolute Gasteiger partial charge is 0.382 e. The van der Waals surface area contributed by atoms with Gasteiger partial charge in [0.25, 0.3) is 5.91 Å². The molecule has 2 heterocycles. The number of carbonyl (C=O) groups is 1. The second-order valence-corrected chi connectivity index (χ2v) is 7.22. The molecular formula is C14H23N5OS. The molecule has 1 aromatic rings. The van der Waals surface area contributed by atoms with Gasteiger partial charge in [0.05, 0.1) is 0 Å². The van der Waals surface area contributed by atoms with Gasteiger partial charge in [0.2, 0.25) is 0 Å². The zero-order valence-corrected chi connectivity index (χ0v) is 13.2. The van der Waals surface area contributed by atoms with Gasteiger partial charge in [-0.3, -0.25) is 4.79 Å². The zero-order chi connectivity index (χ0) is 15.0. The Kier molecular flexibility index (Phi) is 4.03. The Bertz CT molecular complexity index is 531. The number of amides is 1. The van der Waals surface area contributed by atoms with Crippen LogP contribution in [0.1, 0.15) is 35.9 Å². The van der Waals surface area contributed by atoms with Crippen molar-refractivity contribution in [2.75, 3.05) is 30.3 Å². The molecule has 3 atom stereocenters.